The van der Waals surface area contributed by atoms with Gasteiger partial charge in [-0.25, -0.2) is 8.42 Å². The maximum atomic E-state index is 10.9. The Bertz CT molecular complexity index is 401. The van der Waals surface area contributed by atoms with E-state index >= 15 is 0 Å². The van der Waals surface area contributed by atoms with Crippen LogP contribution in [0.5, 0.6) is 0 Å². The number of nitrogens with zero attached hydrogens (tertiary/aromatic N) is 2. The molecule has 1 saturated heterocycles. The third kappa shape index (κ3) is 8.96. The summed E-state index contributed by atoms with van der Waals surface area (Å²) < 4.78 is 27.0. The predicted octanol–water partition coefficient (Wildman–Crippen LogP) is 0.712. The highest BCUT2D eigenvalue weighted by Crippen LogP contribution is 2.14. The van der Waals surface area contributed by atoms with Crippen LogP contribution in [0.2, 0.25) is 0 Å². The minimum Gasteiger partial charge on any atom is -0.378 e. The summed E-state index contributed by atoms with van der Waals surface area (Å²) in [5, 5.41) is 0. The SMILES string of the molecule is CC1CCCN(C(N)=NCCOCCS(C)(=O)=O)C1.I. The number of halogens is 1. The quantitative estimate of drug-likeness (QED) is 0.297. The van der Waals surface area contributed by atoms with Crippen LogP contribution in [0.15, 0.2) is 4.99 Å². The number of sulfone groups is 1. The first-order chi connectivity index (χ1) is 8.88. The summed E-state index contributed by atoms with van der Waals surface area (Å²) in [6.07, 6.45) is 3.60. The second-order valence-corrected chi connectivity index (χ2v) is 7.44. The van der Waals surface area contributed by atoms with E-state index in [1.807, 2.05) is 0 Å². The lowest BCUT2D eigenvalue weighted by atomic mass is 10.0. The van der Waals surface area contributed by atoms with Crippen molar-refractivity contribution < 1.29 is 13.2 Å². The second kappa shape index (κ2) is 9.78. The highest BCUT2D eigenvalue weighted by molar-refractivity contribution is 14.0. The Balaban J connectivity index is 0.00000361. The number of hydrogen-bond acceptors (Lipinski definition) is 4. The lowest BCUT2D eigenvalue weighted by molar-refractivity contribution is 0.157. The summed E-state index contributed by atoms with van der Waals surface area (Å²) in [5.41, 5.74) is 5.92. The van der Waals surface area contributed by atoms with Gasteiger partial charge < -0.3 is 15.4 Å². The molecule has 0 radical (unpaired) electrons. The van der Waals surface area contributed by atoms with Crippen LogP contribution in [0.25, 0.3) is 0 Å². The van der Waals surface area contributed by atoms with Gasteiger partial charge in [0.25, 0.3) is 0 Å². The van der Waals surface area contributed by atoms with Gasteiger partial charge in [-0.1, -0.05) is 6.92 Å². The molecular weight excluding hydrogens is 393 g/mol. The zero-order chi connectivity index (χ0) is 14.3. The zero-order valence-electron chi connectivity index (χ0n) is 12.2. The zero-order valence-corrected chi connectivity index (χ0v) is 15.4. The van der Waals surface area contributed by atoms with E-state index in [4.69, 9.17) is 10.5 Å². The second-order valence-electron chi connectivity index (χ2n) is 5.18. The smallest absolute Gasteiger partial charge is 0.191 e. The number of rotatable bonds is 6. The van der Waals surface area contributed by atoms with Crippen LogP contribution in [0.1, 0.15) is 19.8 Å². The van der Waals surface area contributed by atoms with Gasteiger partial charge >= 0.3 is 0 Å². The summed E-state index contributed by atoms with van der Waals surface area (Å²) >= 11 is 0. The first-order valence-electron chi connectivity index (χ1n) is 6.69. The summed E-state index contributed by atoms with van der Waals surface area (Å²) in [4.78, 5) is 6.36. The number of piperidine rings is 1. The Morgan fingerprint density at radius 2 is 2.15 bits per heavy atom. The van der Waals surface area contributed by atoms with Crippen molar-refractivity contribution in [2.45, 2.75) is 19.8 Å². The van der Waals surface area contributed by atoms with Crippen molar-refractivity contribution in [3.8, 4) is 0 Å². The van der Waals surface area contributed by atoms with Gasteiger partial charge in [0.2, 0.25) is 0 Å². The molecule has 0 spiro atoms. The van der Waals surface area contributed by atoms with Gasteiger partial charge in [0.1, 0.15) is 9.84 Å². The third-order valence-corrected chi connectivity index (χ3v) is 4.00. The average molecular weight is 419 g/mol. The van der Waals surface area contributed by atoms with Crippen LogP contribution >= 0.6 is 24.0 Å². The Morgan fingerprint density at radius 1 is 1.45 bits per heavy atom. The largest absolute Gasteiger partial charge is 0.378 e. The standard InChI is InChI=1S/C12H25N3O3S.HI/c1-11-4-3-6-15(10-11)12(13)14-5-7-18-8-9-19(2,16)17;/h11H,3-10H2,1-2H3,(H2,13,14);1H. The van der Waals surface area contributed by atoms with Crippen molar-refractivity contribution in [3.05, 3.63) is 0 Å². The van der Waals surface area contributed by atoms with Crippen LogP contribution in [0, 0.1) is 5.92 Å². The Hall–Kier alpha value is -0.0900. The number of nitrogens with two attached hydrogens (primary N) is 1. The van der Waals surface area contributed by atoms with Gasteiger partial charge in [0.05, 0.1) is 25.5 Å². The molecule has 1 fully saturated rings. The van der Waals surface area contributed by atoms with Gasteiger partial charge in [-0.05, 0) is 18.8 Å². The monoisotopic (exact) mass is 419 g/mol. The first kappa shape index (κ1) is 19.9. The van der Waals surface area contributed by atoms with Gasteiger partial charge in [-0.3, -0.25) is 4.99 Å². The van der Waals surface area contributed by atoms with E-state index in [0.29, 0.717) is 25.0 Å². The fourth-order valence-electron chi connectivity index (χ4n) is 2.03. The van der Waals surface area contributed by atoms with Gasteiger partial charge in [0.15, 0.2) is 5.96 Å². The van der Waals surface area contributed by atoms with E-state index < -0.39 is 9.84 Å². The minimum absolute atomic E-state index is 0. The maximum Gasteiger partial charge on any atom is 0.191 e. The Morgan fingerprint density at radius 3 is 2.75 bits per heavy atom. The predicted molar refractivity (Wildman–Crippen MR) is 92.4 cm³/mol. The van der Waals surface area contributed by atoms with E-state index in [1.54, 1.807) is 0 Å². The van der Waals surface area contributed by atoms with Crippen molar-refractivity contribution >= 4 is 39.8 Å². The van der Waals surface area contributed by atoms with Crippen molar-refractivity contribution in [2.24, 2.45) is 16.6 Å². The van der Waals surface area contributed by atoms with Crippen molar-refractivity contribution in [1.82, 2.24) is 4.90 Å². The van der Waals surface area contributed by atoms with Crippen molar-refractivity contribution in [3.63, 3.8) is 0 Å². The number of guanidine groups is 1. The molecule has 6 nitrogen and oxygen atoms in total. The molecule has 0 aromatic carbocycles. The molecular formula is C12H26IN3O3S. The fourth-order valence-corrected chi connectivity index (χ4v) is 2.46. The molecule has 1 unspecified atom stereocenters. The molecule has 1 rings (SSSR count). The molecule has 0 bridgehead atoms. The minimum atomic E-state index is -2.94. The first-order valence-corrected chi connectivity index (χ1v) is 8.75. The molecule has 0 aliphatic carbocycles. The summed E-state index contributed by atoms with van der Waals surface area (Å²) in [7, 11) is -2.94. The van der Waals surface area contributed by atoms with Crippen LogP contribution in [-0.2, 0) is 14.6 Å². The maximum absolute atomic E-state index is 10.9. The van der Waals surface area contributed by atoms with Crippen LogP contribution in [0.4, 0.5) is 0 Å². The van der Waals surface area contributed by atoms with Crippen molar-refractivity contribution in [2.75, 3.05) is 44.9 Å². The van der Waals surface area contributed by atoms with Gasteiger partial charge in [-0.2, -0.15) is 0 Å². The molecule has 1 atom stereocenters. The highest BCUT2D eigenvalue weighted by Gasteiger charge is 2.17. The van der Waals surface area contributed by atoms with Gasteiger partial charge in [0, 0.05) is 19.3 Å². The number of aliphatic imine (C=N–C) groups is 1. The molecule has 8 heteroatoms. The average Bonchev–Trinajstić information content (AvgIpc) is 2.32. The van der Waals surface area contributed by atoms with Crippen LogP contribution in [0.3, 0.4) is 0 Å². The number of likely N-dealkylation sites (tertiary alicyclic amines) is 1. The highest BCUT2D eigenvalue weighted by atomic mass is 127. The molecule has 2 N–H and O–H groups in total. The summed E-state index contributed by atoms with van der Waals surface area (Å²) in [5.74, 6) is 1.28. The topological polar surface area (TPSA) is 85.0 Å². The molecule has 20 heavy (non-hydrogen) atoms. The fraction of sp³-hybridized carbons (Fsp3) is 0.917. The Labute approximate surface area is 139 Å². The Kier molecular flexibility index (Phi) is 9.73. The van der Waals surface area contributed by atoms with E-state index in [9.17, 15) is 8.42 Å². The molecule has 120 valence electrons. The van der Waals surface area contributed by atoms with E-state index in [0.717, 1.165) is 19.5 Å². The van der Waals surface area contributed by atoms with Crippen molar-refractivity contribution in [1.29, 1.82) is 0 Å². The van der Waals surface area contributed by atoms with E-state index in [2.05, 4.69) is 16.8 Å². The van der Waals surface area contributed by atoms with Crippen LogP contribution in [-0.4, -0.2) is 64.1 Å². The summed E-state index contributed by atoms with van der Waals surface area (Å²) in [6, 6.07) is 0. The third-order valence-electron chi connectivity index (χ3n) is 3.09. The number of ether oxygens (including phenoxy) is 1. The molecule has 1 heterocycles. The van der Waals surface area contributed by atoms with Crippen LogP contribution < -0.4 is 5.73 Å². The van der Waals surface area contributed by atoms with E-state index in [-0.39, 0.29) is 36.3 Å². The molecule has 0 saturated carbocycles. The molecule has 1 aliphatic heterocycles. The molecule has 0 amide bonds. The lowest BCUT2D eigenvalue weighted by Crippen LogP contribution is -2.43. The summed E-state index contributed by atoms with van der Waals surface area (Å²) in [6.45, 7) is 5.24. The number of hydrogen-bond donors (Lipinski definition) is 1. The lowest BCUT2D eigenvalue weighted by Gasteiger charge is -2.31. The normalized spacial score (nSPS) is 20.6. The molecule has 0 aromatic rings. The van der Waals surface area contributed by atoms with Gasteiger partial charge in [-0.15, -0.1) is 24.0 Å². The molecule has 0 aromatic heterocycles. The van der Waals surface area contributed by atoms with E-state index in [1.165, 1.54) is 12.7 Å². The molecule has 1 aliphatic rings.